The van der Waals surface area contributed by atoms with Crippen LogP contribution in [0.15, 0.2) is 35.7 Å². The Balaban J connectivity index is 2.99. The van der Waals surface area contributed by atoms with Crippen molar-refractivity contribution in [3.8, 4) is 5.75 Å². The van der Waals surface area contributed by atoms with E-state index >= 15 is 0 Å². The Morgan fingerprint density at radius 3 is 2.67 bits per heavy atom. The minimum atomic E-state index is -3.37. The molecule has 1 rings (SSSR count). The summed E-state index contributed by atoms with van der Waals surface area (Å²) in [5, 5.41) is 8.49. The second kappa shape index (κ2) is 5.68. The Labute approximate surface area is 106 Å². The highest BCUT2D eigenvalue weighted by Crippen LogP contribution is 2.22. The standard InChI is InChI=1S/C12H14O5S/c1-3-6-18(15,16)10-4-5-11(9(2)7-10)17-8-12(13)14/h3-5,7H,1,6,8H2,2H3,(H,13,14). The largest absolute Gasteiger partial charge is 0.482 e. The monoisotopic (exact) mass is 270 g/mol. The van der Waals surface area contributed by atoms with Crippen molar-refractivity contribution < 1.29 is 23.1 Å². The molecule has 0 radical (unpaired) electrons. The number of sulfone groups is 1. The van der Waals surface area contributed by atoms with Crippen molar-refractivity contribution in [3.05, 3.63) is 36.4 Å². The molecule has 0 aliphatic rings. The van der Waals surface area contributed by atoms with Crippen molar-refractivity contribution in [2.45, 2.75) is 11.8 Å². The van der Waals surface area contributed by atoms with Crippen LogP contribution in [0.25, 0.3) is 0 Å². The van der Waals surface area contributed by atoms with Crippen LogP contribution in [0.5, 0.6) is 5.75 Å². The Kier molecular flexibility index (Phi) is 4.49. The number of hydrogen-bond donors (Lipinski definition) is 1. The molecule has 18 heavy (non-hydrogen) atoms. The fourth-order valence-corrected chi connectivity index (χ4v) is 2.50. The zero-order valence-electron chi connectivity index (χ0n) is 9.92. The van der Waals surface area contributed by atoms with Gasteiger partial charge in [0.2, 0.25) is 0 Å². The molecule has 98 valence electrons. The van der Waals surface area contributed by atoms with Crippen molar-refractivity contribution in [2.24, 2.45) is 0 Å². The molecule has 0 aliphatic carbocycles. The van der Waals surface area contributed by atoms with E-state index in [1.165, 1.54) is 24.3 Å². The maximum Gasteiger partial charge on any atom is 0.341 e. The summed E-state index contributed by atoms with van der Waals surface area (Å²) in [5.74, 6) is -0.866. The number of ether oxygens (including phenoxy) is 1. The summed E-state index contributed by atoms with van der Waals surface area (Å²) in [6, 6.07) is 4.30. The molecule has 5 nitrogen and oxygen atoms in total. The molecule has 0 saturated heterocycles. The first kappa shape index (κ1) is 14.2. The molecule has 0 amide bonds. The SMILES string of the molecule is C=CCS(=O)(=O)c1ccc(OCC(=O)O)c(C)c1. The lowest BCUT2D eigenvalue weighted by atomic mass is 10.2. The number of aliphatic carboxylic acids is 1. The van der Waals surface area contributed by atoms with Gasteiger partial charge in [-0.05, 0) is 30.7 Å². The van der Waals surface area contributed by atoms with E-state index in [2.05, 4.69) is 6.58 Å². The molecule has 0 fully saturated rings. The number of aryl methyl sites for hydroxylation is 1. The molecular formula is C12H14O5S. The van der Waals surface area contributed by atoms with Gasteiger partial charge < -0.3 is 9.84 Å². The maximum absolute atomic E-state index is 11.8. The zero-order valence-corrected chi connectivity index (χ0v) is 10.7. The van der Waals surface area contributed by atoms with E-state index in [4.69, 9.17) is 9.84 Å². The summed E-state index contributed by atoms with van der Waals surface area (Å²) < 4.78 is 28.5. The van der Waals surface area contributed by atoms with Gasteiger partial charge in [0.1, 0.15) is 5.75 Å². The summed E-state index contributed by atoms with van der Waals surface area (Å²) in [5.41, 5.74) is 0.571. The van der Waals surface area contributed by atoms with Crippen LogP contribution in [-0.2, 0) is 14.6 Å². The quantitative estimate of drug-likeness (QED) is 0.791. The topological polar surface area (TPSA) is 80.7 Å². The Bertz CT molecular complexity index is 560. The van der Waals surface area contributed by atoms with Crippen LogP contribution >= 0.6 is 0 Å². The van der Waals surface area contributed by atoms with Crippen LogP contribution in [0.3, 0.4) is 0 Å². The molecule has 0 saturated carbocycles. The Hall–Kier alpha value is -1.82. The lowest BCUT2D eigenvalue weighted by Crippen LogP contribution is -2.10. The van der Waals surface area contributed by atoms with E-state index in [9.17, 15) is 13.2 Å². The van der Waals surface area contributed by atoms with Gasteiger partial charge in [0.05, 0.1) is 10.6 Å². The molecule has 0 unspecified atom stereocenters. The molecular weight excluding hydrogens is 256 g/mol. The zero-order chi connectivity index (χ0) is 13.8. The van der Waals surface area contributed by atoms with Crippen LogP contribution in [0.2, 0.25) is 0 Å². The van der Waals surface area contributed by atoms with Gasteiger partial charge in [-0.1, -0.05) is 6.08 Å². The predicted molar refractivity (Wildman–Crippen MR) is 66.6 cm³/mol. The third-order valence-electron chi connectivity index (χ3n) is 2.19. The molecule has 0 atom stereocenters. The first-order chi connectivity index (χ1) is 8.36. The third kappa shape index (κ3) is 3.59. The van der Waals surface area contributed by atoms with Gasteiger partial charge in [-0.2, -0.15) is 0 Å². The predicted octanol–water partition coefficient (Wildman–Crippen LogP) is 1.42. The van der Waals surface area contributed by atoms with Crippen molar-refractivity contribution in [1.29, 1.82) is 0 Å². The molecule has 1 N–H and O–H groups in total. The lowest BCUT2D eigenvalue weighted by Gasteiger charge is -2.09. The highest BCUT2D eigenvalue weighted by atomic mass is 32.2. The van der Waals surface area contributed by atoms with Gasteiger partial charge in [-0.3, -0.25) is 0 Å². The van der Waals surface area contributed by atoms with Gasteiger partial charge in [-0.15, -0.1) is 6.58 Å². The van der Waals surface area contributed by atoms with Gasteiger partial charge in [0.25, 0.3) is 0 Å². The number of carboxylic acids is 1. The van der Waals surface area contributed by atoms with E-state index in [-0.39, 0.29) is 10.6 Å². The number of rotatable bonds is 6. The molecule has 1 aromatic rings. The van der Waals surface area contributed by atoms with Crippen molar-refractivity contribution in [2.75, 3.05) is 12.4 Å². The van der Waals surface area contributed by atoms with Crippen molar-refractivity contribution in [3.63, 3.8) is 0 Å². The van der Waals surface area contributed by atoms with E-state index in [1.807, 2.05) is 0 Å². The highest BCUT2D eigenvalue weighted by molar-refractivity contribution is 7.91. The molecule has 6 heteroatoms. The smallest absolute Gasteiger partial charge is 0.341 e. The van der Waals surface area contributed by atoms with Gasteiger partial charge in [-0.25, -0.2) is 13.2 Å². The Morgan fingerprint density at radius 2 is 2.17 bits per heavy atom. The van der Waals surface area contributed by atoms with Crippen LogP contribution in [0, 0.1) is 6.92 Å². The number of carboxylic acid groups (broad SMARTS) is 1. The van der Waals surface area contributed by atoms with Crippen molar-refractivity contribution >= 4 is 15.8 Å². The summed E-state index contributed by atoms with van der Waals surface area (Å²) in [6.45, 7) is 4.59. The number of benzene rings is 1. The normalized spacial score (nSPS) is 10.9. The second-order valence-corrected chi connectivity index (χ2v) is 5.71. The minimum Gasteiger partial charge on any atom is -0.482 e. The van der Waals surface area contributed by atoms with Gasteiger partial charge in [0, 0.05) is 0 Å². The Morgan fingerprint density at radius 1 is 1.50 bits per heavy atom. The van der Waals surface area contributed by atoms with Crippen molar-refractivity contribution in [1.82, 2.24) is 0 Å². The molecule has 0 heterocycles. The third-order valence-corrected chi connectivity index (χ3v) is 3.84. The van der Waals surface area contributed by atoms with E-state index in [0.29, 0.717) is 11.3 Å². The molecule has 0 aromatic heterocycles. The van der Waals surface area contributed by atoms with Crippen LogP contribution < -0.4 is 4.74 Å². The van der Waals surface area contributed by atoms with Crippen LogP contribution in [0.4, 0.5) is 0 Å². The lowest BCUT2D eigenvalue weighted by molar-refractivity contribution is -0.139. The number of hydrogen-bond acceptors (Lipinski definition) is 4. The van der Waals surface area contributed by atoms with E-state index in [1.54, 1.807) is 6.92 Å². The first-order valence-electron chi connectivity index (χ1n) is 5.15. The second-order valence-electron chi connectivity index (χ2n) is 3.68. The molecule has 1 aromatic carbocycles. The minimum absolute atomic E-state index is 0.137. The van der Waals surface area contributed by atoms with Crippen LogP contribution in [0.1, 0.15) is 5.56 Å². The van der Waals surface area contributed by atoms with Crippen LogP contribution in [-0.4, -0.2) is 31.9 Å². The fraction of sp³-hybridized carbons (Fsp3) is 0.250. The van der Waals surface area contributed by atoms with Gasteiger partial charge in [0.15, 0.2) is 16.4 Å². The fourth-order valence-electron chi connectivity index (χ4n) is 1.37. The van der Waals surface area contributed by atoms with E-state index < -0.39 is 22.4 Å². The summed E-state index contributed by atoms with van der Waals surface area (Å²) in [7, 11) is -3.37. The average molecular weight is 270 g/mol. The molecule has 0 spiro atoms. The summed E-state index contributed by atoms with van der Waals surface area (Å²) >= 11 is 0. The first-order valence-corrected chi connectivity index (χ1v) is 6.81. The molecule has 0 bridgehead atoms. The summed E-state index contributed by atoms with van der Waals surface area (Å²) in [4.78, 5) is 10.5. The molecule has 0 aliphatic heterocycles. The van der Waals surface area contributed by atoms with E-state index in [0.717, 1.165) is 0 Å². The average Bonchev–Trinajstić information content (AvgIpc) is 2.27. The highest BCUT2D eigenvalue weighted by Gasteiger charge is 2.14. The number of carbonyl (C=O) groups is 1. The maximum atomic E-state index is 11.8. The summed E-state index contributed by atoms with van der Waals surface area (Å²) in [6.07, 6.45) is 1.32. The van der Waals surface area contributed by atoms with Gasteiger partial charge >= 0.3 is 5.97 Å².